The lowest BCUT2D eigenvalue weighted by Crippen LogP contribution is -2.46. The molecule has 108 valence electrons. The highest BCUT2D eigenvalue weighted by Gasteiger charge is 2.29. The molecular formula is C14H25N3OS. The van der Waals surface area contributed by atoms with Gasteiger partial charge in [-0.05, 0) is 24.7 Å². The fourth-order valence-corrected chi connectivity index (χ4v) is 3.06. The molecule has 5 heteroatoms. The van der Waals surface area contributed by atoms with Crippen molar-refractivity contribution in [2.45, 2.75) is 46.1 Å². The Morgan fingerprint density at radius 2 is 2.16 bits per heavy atom. The summed E-state index contributed by atoms with van der Waals surface area (Å²) in [7, 11) is 0. The highest BCUT2D eigenvalue weighted by atomic mass is 32.2. The second-order valence-corrected chi connectivity index (χ2v) is 7.54. The third-order valence-corrected chi connectivity index (χ3v) is 4.56. The van der Waals surface area contributed by atoms with Crippen LogP contribution in [0.4, 0.5) is 0 Å². The Kier molecular flexibility index (Phi) is 4.76. The van der Waals surface area contributed by atoms with Crippen LogP contribution in [0, 0.1) is 11.3 Å². The minimum Gasteiger partial charge on any atom is -0.362 e. The molecule has 0 radical (unpaired) electrons. The van der Waals surface area contributed by atoms with E-state index in [0.29, 0.717) is 25.0 Å². The summed E-state index contributed by atoms with van der Waals surface area (Å²) in [5, 5.41) is 7.49. The zero-order chi connectivity index (χ0) is 13.9. The lowest BCUT2D eigenvalue weighted by Gasteiger charge is -2.35. The summed E-state index contributed by atoms with van der Waals surface area (Å²) in [6.07, 6.45) is 3.31. The van der Waals surface area contributed by atoms with E-state index < -0.39 is 0 Å². The Hall–Kier alpha value is -0.710. The van der Waals surface area contributed by atoms with E-state index in [4.69, 9.17) is 0 Å². The van der Waals surface area contributed by atoms with Gasteiger partial charge in [0.05, 0.1) is 6.54 Å². The predicted molar refractivity (Wildman–Crippen MR) is 81.5 cm³/mol. The van der Waals surface area contributed by atoms with Gasteiger partial charge in [0, 0.05) is 24.3 Å². The van der Waals surface area contributed by atoms with Crippen LogP contribution in [0.5, 0.6) is 0 Å². The molecule has 2 aliphatic rings. The van der Waals surface area contributed by atoms with Gasteiger partial charge in [0.2, 0.25) is 5.91 Å². The normalized spacial score (nSPS) is 26.1. The first-order valence-electron chi connectivity index (χ1n) is 7.18. The van der Waals surface area contributed by atoms with Crippen LogP contribution in [-0.4, -0.2) is 36.0 Å². The third-order valence-electron chi connectivity index (χ3n) is 3.60. The van der Waals surface area contributed by atoms with Gasteiger partial charge < -0.3 is 10.6 Å². The standard InChI is InChI=1S/C14H25N3OS/c1-14(2,3)11-6-9-19-13(17-11)16-8-7-15-12(18)10-4-5-10/h10-11H,4-9H2,1-3H3,(H,15,18)(H,16,17). The lowest BCUT2D eigenvalue weighted by atomic mass is 9.85. The number of nitrogens with one attached hydrogen (secondary N) is 2. The second-order valence-electron chi connectivity index (χ2n) is 6.45. The molecule has 4 nitrogen and oxygen atoms in total. The summed E-state index contributed by atoms with van der Waals surface area (Å²) < 4.78 is 0. The maximum absolute atomic E-state index is 11.5. The molecule has 1 atom stereocenters. The van der Waals surface area contributed by atoms with Gasteiger partial charge in [0.25, 0.3) is 0 Å². The molecule has 1 unspecified atom stereocenters. The third kappa shape index (κ3) is 4.71. The molecule has 1 amide bonds. The molecule has 1 aliphatic heterocycles. The van der Waals surface area contributed by atoms with Gasteiger partial charge in [-0.2, -0.15) is 0 Å². The number of amidine groups is 1. The molecule has 0 aromatic carbocycles. The van der Waals surface area contributed by atoms with Crippen LogP contribution < -0.4 is 10.6 Å². The van der Waals surface area contributed by atoms with E-state index in [1.807, 2.05) is 0 Å². The molecule has 2 fully saturated rings. The van der Waals surface area contributed by atoms with Crippen molar-refractivity contribution in [2.75, 3.05) is 18.8 Å². The Bertz CT molecular complexity index is 358. The van der Waals surface area contributed by atoms with Crippen molar-refractivity contribution < 1.29 is 4.79 Å². The van der Waals surface area contributed by atoms with E-state index in [2.05, 4.69) is 36.4 Å². The Morgan fingerprint density at radius 3 is 2.79 bits per heavy atom. The van der Waals surface area contributed by atoms with Gasteiger partial charge in [0.1, 0.15) is 0 Å². The van der Waals surface area contributed by atoms with Crippen molar-refractivity contribution in [3.8, 4) is 0 Å². The topological polar surface area (TPSA) is 53.5 Å². The summed E-state index contributed by atoms with van der Waals surface area (Å²) >= 11 is 1.79. The first-order chi connectivity index (χ1) is 8.97. The van der Waals surface area contributed by atoms with Gasteiger partial charge >= 0.3 is 0 Å². The number of nitrogens with zero attached hydrogens (tertiary/aromatic N) is 1. The monoisotopic (exact) mass is 283 g/mol. The molecule has 0 aromatic rings. The summed E-state index contributed by atoms with van der Waals surface area (Å²) in [4.78, 5) is 16.0. The second kappa shape index (κ2) is 6.16. The van der Waals surface area contributed by atoms with E-state index in [9.17, 15) is 4.79 Å². The molecule has 2 N–H and O–H groups in total. The molecule has 1 saturated carbocycles. The van der Waals surface area contributed by atoms with Crippen LogP contribution in [0.25, 0.3) is 0 Å². The Morgan fingerprint density at radius 1 is 1.42 bits per heavy atom. The van der Waals surface area contributed by atoms with Crippen molar-refractivity contribution in [2.24, 2.45) is 16.3 Å². The number of amides is 1. The van der Waals surface area contributed by atoms with Gasteiger partial charge in [-0.25, -0.2) is 0 Å². The maximum atomic E-state index is 11.5. The zero-order valence-electron chi connectivity index (χ0n) is 12.2. The molecular weight excluding hydrogens is 258 g/mol. The van der Waals surface area contributed by atoms with Crippen LogP contribution >= 0.6 is 11.8 Å². The summed E-state index contributed by atoms with van der Waals surface area (Å²) in [5.41, 5.74) is 0.266. The van der Waals surface area contributed by atoms with Crippen LogP contribution in [0.15, 0.2) is 4.99 Å². The highest BCUT2D eigenvalue weighted by molar-refractivity contribution is 8.13. The minimum absolute atomic E-state index is 0.206. The number of hydrogen-bond acceptors (Lipinski definition) is 3. The van der Waals surface area contributed by atoms with Crippen molar-refractivity contribution >= 4 is 22.8 Å². The largest absolute Gasteiger partial charge is 0.362 e. The van der Waals surface area contributed by atoms with Crippen LogP contribution in [-0.2, 0) is 4.79 Å². The lowest BCUT2D eigenvalue weighted by molar-refractivity contribution is -0.122. The first kappa shape index (κ1) is 14.7. The van der Waals surface area contributed by atoms with E-state index in [-0.39, 0.29) is 11.3 Å². The molecule has 0 aromatic heterocycles. The van der Waals surface area contributed by atoms with Crippen LogP contribution in [0.3, 0.4) is 0 Å². The van der Waals surface area contributed by atoms with Crippen molar-refractivity contribution in [1.29, 1.82) is 0 Å². The SMILES string of the molecule is CC(C)(C)C1CCSC(=NCCNC(=O)C2CC2)N1. The molecule has 0 bridgehead atoms. The van der Waals surface area contributed by atoms with Crippen molar-refractivity contribution in [3.05, 3.63) is 0 Å². The fourth-order valence-electron chi connectivity index (χ4n) is 2.10. The summed E-state index contributed by atoms with van der Waals surface area (Å²) in [6, 6.07) is 0.494. The molecule has 1 saturated heterocycles. The smallest absolute Gasteiger partial charge is 0.223 e. The molecule has 1 heterocycles. The minimum atomic E-state index is 0.206. The maximum Gasteiger partial charge on any atom is 0.223 e. The number of carbonyl (C=O) groups is 1. The quantitative estimate of drug-likeness (QED) is 0.776. The van der Waals surface area contributed by atoms with Gasteiger partial charge in [-0.3, -0.25) is 9.79 Å². The molecule has 19 heavy (non-hydrogen) atoms. The zero-order valence-corrected chi connectivity index (χ0v) is 13.0. The van der Waals surface area contributed by atoms with Gasteiger partial charge in [-0.1, -0.05) is 32.5 Å². The molecule has 2 rings (SSSR count). The van der Waals surface area contributed by atoms with E-state index in [1.54, 1.807) is 11.8 Å². The fraction of sp³-hybridized carbons (Fsp3) is 0.857. The van der Waals surface area contributed by atoms with Crippen molar-refractivity contribution in [3.63, 3.8) is 0 Å². The number of thioether (sulfide) groups is 1. The Labute approximate surface area is 120 Å². The number of carbonyl (C=O) groups excluding carboxylic acids is 1. The molecule has 1 aliphatic carbocycles. The Balaban J connectivity index is 1.71. The van der Waals surface area contributed by atoms with E-state index >= 15 is 0 Å². The first-order valence-corrected chi connectivity index (χ1v) is 8.17. The average Bonchev–Trinajstić information content (AvgIpc) is 3.18. The van der Waals surface area contributed by atoms with Crippen molar-refractivity contribution in [1.82, 2.24) is 10.6 Å². The van der Waals surface area contributed by atoms with Crippen LogP contribution in [0.2, 0.25) is 0 Å². The number of hydrogen-bond donors (Lipinski definition) is 2. The average molecular weight is 283 g/mol. The predicted octanol–water partition coefficient (Wildman–Crippen LogP) is 2.01. The van der Waals surface area contributed by atoms with Crippen LogP contribution in [0.1, 0.15) is 40.0 Å². The molecule has 0 spiro atoms. The summed E-state index contributed by atoms with van der Waals surface area (Å²) in [6.45, 7) is 8.10. The van der Waals surface area contributed by atoms with Gasteiger partial charge in [-0.15, -0.1) is 0 Å². The van der Waals surface area contributed by atoms with E-state index in [1.165, 1.54) is 6.42 Å². The highest BCUT2D eigenvalue weighted by Crippen LogP contribution is 2.28. The van der Waals surface area contributed by atoms with Gasteiger partial charge in [0.15, 0.2) is 5.17 Å². The van der Waals surface area contributed by atoms with E-state index in [0.717, 1.165) is 23.8 Å². The number of aliphatic imine (C=N–C) groups is 1. The number of rotatable bonds is 4. The summed E-state index contributed by atoms with van der Waals surface area (Å²) in [5.74, 6) is 1.62.